The van der Waals surface area contributed by atoms with Crippen molar-refractivity contribution < 1.29 is 23.6 Å². The second kappa shape index (κ2) is 6.04. The summed E-state index contributed by atoms with van der Waals surface area (Å²) in [5.74, 6) is -1.42. The van der Waals surface area contributed by atoms with Crippen LogP contribution in [0, 0.1) is 12.7 Å². The molecular formula is C13H12FN3O4. The van der Waals surface area contributed by atoms with Crippen LogP contribution in [0.15, 0.2) is 28.8 Å². The zero-order valence-corrected chi connectivity index (χ0v) is 11.0. The van der Waals surface area contributed by atoms with Crippen LogP contribution in [0.4, 0.5) is 14.9 Å². The topological polar surface area (TPSA) is 104 Å². The van der Waals surface area contributed by atoms with Crippen LogP contribution in [0.2, 0.25) is 0 Å². The third kappa shape index (κ3) is 3.78. The Kier molecular flexibility index (Phi) is 4.17. The lowest BCUT2D eigenvalue weighted by Crippen LogP contribution is -2.29. The third-order valence-corrected chi connectivity index (χ3v) is 2.57. The van der Waals surface area contributed by atoms with Gasteiger partial charge < -0.3 is 20.3 Å². The molecule has 1 heterocycles. The molecule has 0 aliphatic rings. The number of aryl methyl sites for hydroxylation is 1. The van der Waals surface area contributed by atoms with Gasteiger partial charge >= 0.3 is 12.0 Å². The van der Waals surface area contributed by atoms with Gasteiger partial charge in [0.15, 0.2) is 0 Å². The van der Waals surface area contributed by atoms with E-state index in [9.17, 15) is 14.0 Å². The van der Waals surface area contributed by atoms with Crippen LogP contribution in [0.25, 0.3) is 0 Å². The maximum absolute atomic E-state index is 13.0. The Morgan fingerprint density at radius 3 is 2.76 bits per heavy atom. The number of hydrogen-bond donors (Lipinski definition) is 3. The maximum atomic E-state index is 13.0. The maximum Gasteiger partial charge on any atom is 0.337 e. The number of nitrogens with zero attached hydrogens (tertiary/aromatic N) is 1. The van der Waals surface area contributed by atoms with Crippen LogP contribution in [0.3, 0.4) is 0 Å². The molecule has 0 fully saturated rings. The number of halogens is 1. The quantitative estimate of drug-likeness (QED) is 0.801. The highest BCUT2D eigenvalue weighted by Gasteiger charge is 2.13. The van der Waals surface area contributed by atoms with Gasteiger partial charge in [0, 0.05) is 6.07 Å². The summed E-state index contributed by atoms with van der Waals surface area (Å²) in [6.45, 7) is 1.83. The van der Waals surface area contributed by atoms with Crippen LogP contribution in [-0.4, -0.2) is 22.3 Å². The first kappa shape index (κ1) is 14.5. The molecule has 0 aliphatic heterocycles. The number of carboxylic acid groups (broad SMARTS) is 1. The minimum absolute atomic E-state index is 0.00210. The summed E-state index contributed by atoms with van der Waals surface area (Å²) in [5.41, 5.74) is 0.195. The van der Waals surface area contributed by atoms with Gasteiger partial charge in [0.25, 0.3) is 0 Å². The molecule has 0 radical (unpaired) electrons. The molecule has 0 aliphatic carbocycles. The fourth-order valence-electron chi connectivity index (χ4n) is 1.64. The van der Waals surface area contributed by atoms with Gasteiger partial charge in [-0.05, 0) is 25.1 Å². The fourth-order valence-corrected chi connectivity index (χ4v) is 1.64. The van der Waals surface area contributed by atoms with Crippen molar-refractivity contribution in [1.82, 2.24) is 10.5 Å². The summed E-state index contributed by atoms with van der Waals surface area (Å²) in [6.07, 6.45) is 0. The Labute approximate surface area is 118 Å². The Morgan fingerprint density at radius 1 is 1.38 bits per heavy atom. The normalized spacial score (nSPS) is 10.2. The Morgan fingerprint density at radius 2 is 2.14 bits per heavy atom. The van der Waals surface area contributed by atoms with Gasteiger partial charge in [-0.1, -0.05) is 5.16 Å². The average molecular weight is 293 g/mol. The molecule has 7 nitrogen and oxygen atoms in total. The van der Waals surface area contributed by atoms with Crippen LogP contribution in [0.5, 0.6) is 0 Å². The molecule has 0 bridgehead atoms. The van der Waals surface area contributed by atoms with E-state index in [0.29, 0.717) is 11.5 Å². The van der Waals surface area contributed by atoms with Gasteiger partial charge in [-0.3, -0.25) is 0 Å². The van der Waals surface area contributed by atoms with E-state index in [0.717, 1.165) is 12.1 Å². The van der Waals surface area contributed by atoms with Crippen molar-refractivity contribution in [2.24, 2.45) is 0 Å². The summed E-state index contributed by atoms with van der Waals surface area (Å²) in [7, 11) is 0. The van der Waals surface area contributed by atoms with E-state index in [1.54, 1.807) is 13.0 Å². The molecule has 0 saturated carbocycles. The number of carbonyl (C=O) groups excluding carboxylic acids is 1. The van der Waals surface area contributed by atoms with Crippen LogP contribution >= 0.6 is 0 Å². The zero-order chi connectivity index (χ0) is 15.4. The molecule has 1 aromatic heterocycles. The van der Waals surface area contributed by atoms with Crippen LogP contribution in [-0.2, 0) is 6.54 Å². The molecule has 0 saturated heterocycles. The molecule has 2 aromatic rings. The standard InChI is InChI=1S/C13H12FN3O4/c1-7-4-9(17-21-7)6-15-13(20)16-11-3-2-8(14)5-10(11)12(18)19/h2-5H,6H2,1H3,(H,18,19)(H2,15,16,20). The average Bonchev–Trinajstić information content (AvgIpc) is 2.84. The third-order valence-electron chi connectivity index (χ3n) is 2.57. The predicted octanol–water partition coefficient (Wildman–Crippen LogP) is 2.14. The number of carbonyl (C=O) groups is 2. The molecular weight excluding hydrogens is 281 g/mol. The number of carboxylic acids is 1. The second-order valence-electron chi connectivity index (χ2n) is 4.23. The highest BCUT2D eigenvalue weighted by molar-refractivity contribution is 5.99. The number of nitrogens with one attached hydrogen (secondary N) is 2. The molecule has 21 heavy (non-hydrogen) atoms. The summed E-state index contributed by atoms with van der Waals surface area (Å²) >= 11 is 0. The van der Waals surface area contributed by atoms with E-state index in [1.807, 2.05) is 0 Å². The van der Waals surface area contributed by atoms with E-state index >= 15 is 0 Å². The molecule has 1 aromatic carbocycles. The number of amides is 2. The molecule has 8 heteroatoms. The number of aromatic carboxylic acids is 1. The number of anilines is 1. The summed E-state index contributed by atoms with van der Waals surface area (Å²) in [6, 6.07) is 4.09. The zero-order valence-electron chi connectivity index (χ0n) is 11.0. The fraction of sp³-hybridized carbons (Fsp3) is 0.154. The number of benzene rings is 1. The first-order valence-electron chi connectivity index (χ1n) is 5.95. The Hall–Kier alpha value is -2.90. The predicted molar refractivity (Wildman–Crippen MR) is 70.5 cm³/mol. The lowest BCUT2D eigenvalue weighted by atomic mass is 10.2. The molecule has 0 spiro atoms. The first-order chi connectivity index (χ1) is 9.95. The minimum Gasteiger partial charge on any atom is -0.478 e. The number of aromatic nitrogens is 1. The van der Waals surface area contributed by atoms with Crippen molar-refractivity contribution in [1.29, 1.82) is 0 Å². The van der Waals surface area contributed by atoms with Gasteiger partial charge in [-0.2, -0.15) is 0 Å². The molecule has 3 N–H and O–H groups in total. The van der Waals surface area contributed by atoms with Gasteiger partial charge in [0.1, 0.15) is 17.3 Å². The highest BCUT2D eigenvalue weighted by Crippen LogP contribution is 2.17. The largest absolute Gasteiger partial charge is 0.478 e. The molecule has 2 amide bonds. The van der Waals surface area contributed by atoms with E-state index < -0.39 is 17.8 Å². The minimum atomic E-state index is -1.34. The van der Waals surface area contributed by atoms with Gasteiger partial charge in [0.05, 0.1) is 17.8 Å². The summed E-state index contributed by atoms with van der Waals surface area (Å²) in [5, 5.41) is 17.5. The van der Waals surface area contributed by atoms with E-state index in [1.165, 1.54) is 6.07 Å². The number of rotatable bonds is 4. The van der Waals surface area contributed by atoms with Crippen molar-refractivity contribution >= 4 is 17.7 Å². The lowest BCUT2D eigenvalue weighted by molar-refractivity contribution is 0.0697. The van der Waals surface area contributed by atoms with E-state index in [-0.39, 0.29) is 17.8 Å². The van der Waals surface area contributed by atoms with Crippen LogP contribution in [0.1, 0.15) is 21.8 Å². The molecule has 0 atom stereocenters. The van der Waals surface area contributed by atoms with Crippen molar-refractivity contribution in [2.75, 3.05) is 5.32 Å². The second-order valence-corrected chi connectivity index (χ2v) is 4.23. The van der Waals surface area contributed by atoms with Crippen molar-refractivity contribution in [3.8, 4) is 0 Å². The molecule has 2 rings (SSSR count). The van der Waals surface area contributed by atoms with Gasteiger partial charge in [-0.15, -0.1) is 0 Å². The number of urea groups is 1. The Balaban J connectivity index is 2.01. The Bertz CT molecular complexity index is 684. The van der Waals surface area contributed by atoms with E-state index in [4.69, 9.17) is 9.63 Å². The van der Waals surface area contributed by atoms with E-state index in [2.05, 4.69) is 15.8 Å². The summed E-state index contributed by atoms with van der Waals surface area (Å²) in [4.78, 5) is 22.7. The first-order valence-corrected chi connectivity index (χ1v) is 5.95. The molecule has 0 unspecified atom stereocenters. The highest BCUT2D eigenvalue weighted by atomic mass is 19.1. The number of hydrogen-bond acceptors (Lipinski definition) is 4. The van der Waals surface area contributed by atoms with Gasteiger partial charge in [-0.25, -0.2) is 14.0 Å². The van der Waals surface area contributed by atoms with Gasteiger partial charge in [0.2, 0.25) is 0 Å². The van der Waals surface area contributed by atoms with Crippen molar-refractivity contribution in [3.05, 3.63) is 47.1 Å². The van der Waals surface area contributed by atoms with Crippen LogP contribution < -0.4 is 10.6 Å². The SMILES string of the molecule is Cc1cc(CNC(=O)Nc2ccc(F)cc2C(=O)O)no1. The smallest absolute Gasteiger partial charge is 0.337 e. The monoisotopic (exact) mass is 293 g/mol. The summed E-state index contributed by atoms with van der Waals surface area (Å²) < 4.78 is 17.8. The lowest BCUT2D eigenvalue weighted by Gasteiger charge is -2.09. The molecule has 110 valence electrons. The van der Waals surface area contributed by atoms with Crippen molar-refractivity contribution in [3.63, 3.8) is 0 Å². The van der Waals surface area contributed by atoms with Crippen molar-refractivity contribution in [2.45, 2.75) is 13.5 Å².